The van der Waals surface area contributed by atoms with Crippen LogP contribution in [0.15, 0.2) is 12.1 Å². The maximum Gasteiger partial charge on any atom is 0.125 e. The quantitative estimate of drug-likeness (QED) is 0.890. The summed E-state index contributed by atoms with van der Waals surface area (Å²) in [5.74, 6) is 1.67. The summed E-state index contributed by atoms with van der Waals surface area (Å²) in [4.78, 5) is 0. The van der Waals surface area contributed by atoms with Gasteiger partial charge in [-0.3, -0.25) is 0 Å². The zero-order chi connectivity index (χ0) is 12.5. The maximum absolute atomic E-state index is 6.24. The predicted molar refractivity (Wildman–Crippen MR) is 74.3 cm³/mol. The van der Waals surface area contributed by atoms with Crippen LogP contribution in [0.1, 0.15) is 36.8 Å². The molecule has 98 valence electrons. The van der Waals surface area contributed by atoms with E-state index in [2.05, 4.69) is 6.07 Å². The lowest BCUT2D eigenvalue weighted by Crippen LogP contribution is -2.34. The number of hydrogen-bond acceptors (Lipinski definition) is 2. The fraction of sp³-hybridized carbons (Fsp3) is 0.600. The van der Waals surface area contributed by atoms with Gasteiger partial charge >= 0.3 is 0 Å². The van der Waals surface area contributed by atoms with Crippen LogP contribution in [0.4, 0.5) is 0 Å². The zero-order valence-electron chi connectivity index (χ0n) is 10.6. The molecule has 2 unspecified atom stereocenters. The third kappa shape index (κ3) is 2.36. The van der Waals surface area contributed by atoms with Crippen molar-refractivity contribution in [3.8, 4) is 5.75 Å². The van der Waals surface area contributed by atoms with Crippen LogP contribution in [0, 0.1) is 5.92 Å². The van der Waals surface area contributed by atoms with Crippen LogP contribution in [0.5, 0.6) is 5.75 Å². The number of hydrogen-bond donors (Lipinski definition) is 1. The molecule has 2 N–H and O–H groups in total. The molecule has 2 nitrogen and oxygen atoms in total. The van der Waals surface area contributed by atoms with Crippen molar-refractivity contribution in [2.24, 2.45) is 11.7 Å². The molecule has 2 atom stereocenters. The molecule has 1 fully saturated rings. The van der Waals surface area contributed by atoms with Crippen LogP contribution in [0.2, 0.25) is 5.02 Å². The van der Waals surface area contributed by atoms with Gasteiger partial charge in [0, 0.05) is 17.5 Å². The molecule has 2 aliphatic rings. The van der Waals surface area contributed by atoms with Crippen LogP contribution in [-0.2, 0) is 12.8 Å². The maximum atomic E-state index is 6.24. The normalized spacial score (nSPS) is 26.8. The molecule has 1 aliphatic carbocycles. The van der Waals surface area contributed by atoms with Gasteiger partial charge in [0.15, 0.2) is 0 Å². The number of ether oxygens (including phenoxy) is 1. The second-order valence-corrected chi connectivity index (χ2v) is 6.00. The largest absolute Gasteiger partial charge is 0.493 e. The van der Waals surface area contributed by atoms with E-state index in [4.69, 9.17) is 22.1 Å². The smallest absolute Gasteiger partial charge is 0.125 e. The van der Waals surface area contributed by atoms with E-state index in [1.54, 1.807) is 0 Å². The molecule has 1 aromatic carbocycles. The molecule has 0 amide bonds. The lowest BCUT2D eigenvalue weighted by molar-refractivity contribution is 0.300. The summed E-state index contributed by atoms with van der Waals surface area (Å²) < 4.78 is 5.76. The van der Waals surface area contributed by atoms with Gasteiger partial charge in [0.2, 0.25) is 0 Å². The van der Waals surface area contributed by atoms with Crippen molar-refractivity contribution in [1.29, 1.82) is 0 Å². The van der Waals surface area contributed by atoms with Crippen molar-refractivity contribution < 1.29 is 4.74 Å². The van der Waals surface area contributed by atoms with Crippen molar-refractivity contribution in [2.75, 3.05) is 6.61 Å². The highest BCUT2D eigenvalue weighted by atomic mass is 35.5. The SMILES string of the molecule is NC1CCCCC1Cc1cc(Cl)cc2c1OCC2. The van der Waals surface area contributed by atoms with E-state index in [-0.39, 0.29) is 0 Å². The van der Waals surface area contributed by atoms with E-state index < -0.39 is 0 Å². The average molecular weight is 266 g/mol. The van der Waals surface area contributed by atoms with E-state index in [0.717, 1.165) is 36.6 Å². The Bertz CT molecular complexity index is 446. The van der Waals surface area contributed by atoms with Gasteiger partial charge in [-0.2, -0.15) is 0 Å². The molecular formula is C15H20ClNO. The van der Waals surface area contributed by atoms with Crippen LogP contribution >= 0.6 is 11.6 Å². The van der Waals surface area contributed by atoms with Gasteiger partial charge in [0.25, 0.3) is 0 Å². The predicted octanol–water partition coefficient (Wildman–Crippen LogP) is 3.33. The summed E-state index contributed by atoms with van der Waals surface area (Å²) in [5, 5.41) is 0.832. The first-order valence-electron chi connectivity index (χ1n) is 6.94. The summed E-state index contributed by atoms with van der Waals surface area (Å²) in [5.41, 5.74) is 8.76. The molecule has 3 rings (SSSR count). The average Bonchev–Trinajstić information content (AvgIpc) is 2.80. The second kappa shape index (κ2) is 5.10. The molecular weight excluding hydrogens is 246 g/mol. The molecule has 0 spiro atoms. The van der Waals surface area contributed by atoms with Crippen LogP contribution in [0.3, 0.4) is 0 Å². The van der Waals surface area contributed by atoms with Crippen molar-refractivity contribution in [3.05, 3.63) is 28.3 Å². The Morgan fingerprint density at radius 3 is 2.94 bits per heavy atom. The molecule has 3 heteroatoms. The zero-order valence-corrected chi connectivity index (χ0v) is 11.4. The lowest BCUT2D eigenvalue weighted by atomic mass is 9.81. The Kier molecular flexibility index (Phi) is 3.49. The molecule has 18 heavy (non-hydrogen) atoms. The molecule has 0 aromatic heterocycles. The first-order valence-corrected chi connectivity index (χ1v) is 7.31. The minimum atomic E-state index is 0.342. The third-order valence-corrected chi connectivity index (χ3v) is 4.49. The van der Waals surface area contributed by atoms with E-state index in [1.165, 1.54) is 30.4 Å². The van der Waals surface area contributed by atoms with Crippen LogP contribution < -0.4 is 10.5 Å². The van der Waals surface area contributed by atoms with Crippen molar-refractivity contribution in [3.63, 3.8) is 0 Å². The topological polar surface area (TPSA) is 35.2 Å². The highest BCUT2D eigenvalue weighted by molar-refractivity contribution is 6.30. The van der Waals surface area contributed by atoms with Crippen molar-refractivity contribution in [1.82, 2.24) is 0 Å². The minimum absolute atomic E-state index is 0.342. The van der Waals surface area contributed by atoms with E-state index in [1.807, 2.05) is 6.07 Å². The molecule has 1 saturated carbocycles. The van der Waals surface area contributed by atoms with Gasteiger partial charge < -0.3 is 10.5 Å². The Morgan fingerprint density at radius 1 is 1.28 bits per heavy atom. The summed E-state index contributed by atoms with van der Waals surface area (Å²) in [6.07, 6.45) is 6.99. The molecule has 0 bridgehead atoms. The number of benzene rings is 1. The van der Waals surface area contributed by atoms with Crippen molar-refractivity contribution in [2.45, 2.75) is 44.6 Å². The Balaban J connectivity index is 1.84. The van der Waals surface area contributed by atoms with Gasteiger partial charge in [0.05, 0.1) is 6.61 Å². The molecule has 1 heterocycles. The minimum Gasteiger partial charge on any atom is -0.493 e. The Morgan fingerprint density at radius 2 is 2.11 bits per heavy atom. The van der Waals surface area contributed by atoms with Gasteiger partial charge in [0.1, 0.15) is 5.75 Å². The summed E-state index contributed by atoms with van der Waals surface area (Å²) in [6.45, 7) is 0.791. The second-order valence-electron chi connectivity index (χ2n) is 5.56. The highest BCUT2D eigenvalue weighted by Gasteiger charge is 2.25. The first kappa shape index (κ1) is 12.3. The molecule has 0 saturated heterocycles. The van der Waals surface area contributed by atoms with E-state index in [0.29, 0.717) is 12.0 Å². The van der Waals surface area contributed by atoms with Crippen LogP contribution in [-0.4, -0.2) is 12.6 Å². The summed E-state index contributed by atoms with van der Waals surface area (Å²) in [6, 6.07) is 4.44. The van der Waals surface area contributed by atoms with Crippen molar-refractivity contribution >= 4 is 11.6 Å². The van der Waals surface area contributed by atoms with E-state index in [9.17, 15) is 0 Å². The Labute approximate surface area is 113 Å². The highest BCUT2D eigenvalue weighted by Crippen LogP contribution is 2.36. The molecule has 1 aliphatic heterocycles. The molecule has 0 radical (unpaired) electrons. The first-order chi connectivity index (χ1) is 8.74. The number of rotatable bonds is 2. The standard InChI is InChI=1S/C15H20ClNO/c16-13-8-11-5-6-18-15(11)12(9-13)7-10-3-1-2-4-14(10)17/h8-10,14H,1-7,17H2. The monoisotopic (exact) mass is 265 g/mol. The summed E-state index contributed by atoms with van der Waals surface area (Å²) >= 11 is 6.20. The fourth-order valence-electron chi connectivity index (χ4n) is 3.27. The van der Waals surface area contributed by atoms with Gasteiger partial charge in [-0.1, -0.05) is 24.4 Å². The van der Waals surface area contributed by atoms with E-state index >= 15 is 0 Å². The van der Waals surface area contributed by atoms with Gasteiger partial charge in [-0.15, -0.1) is 0 Å². The van der Waals surface area contributed by atoms with Gasteiger partial charge in [-0.25, -0.2) is 0 Å². The van der Waals surface area contributed by atoms with Crippen LogP contribution in [0.25, 0.3) is 0 Å². The fourth-order valence-corrected chi connectivity index (χ4v) is 3.53. The summed E-state index contributed by atoms with van der Waals surface area (Å²) in [7, 11) is 0. The number of fused-ring (bicyclic) bond motifs is 1. The van der Waals surface area contributed by atoms with Gasteiger partial charge in [-0.05, 0) is 48.4 Å². The third-order valence-electron chi connectivity index (χ3n) is 4.28. The Hall–Kier alpha value is -0.730. The lowest BCUT2D eigenvalue weighted by Gasteiger charge is -2.29. The number of nitrogens with two attached hydrogens (primary N) is 1. The molecule has 1 aromatic rings. The number of halogens is 1.